The minimum atomic E-state index is -0.158. The van der Waals surface area contributed by atoms with E-state index in [-0.39, 0.29) is 17.4 Å². The summed E-state index contributed by atoms with van der Waals surface area (Å²) in [6.45, 7) is 1.51. The van der Waals surface area contributed by atoms with Gasteiger partial charge in [0, 0.05) is 29.2 Å². The number of amides is 1. The minimum Gasteiger partial charge on any atom is -0.496 e. The lowest BCUT2D eigenvalue weighted by Crippen LogP contribution is -2.14. The number of anilines is 1. The summed E-state index contributed by atoms with van der Waals surface area (Å²) in [5.74, 6) is 0.758. The molecular formula is C23H20N4O3S. The molecule has 8 heteroatoms. The number of nitrogens with one attached hydrogen (secondary N) is 1. The third-order valence-electron chi connectivity index (χ3n) is 4.65. The molecular weight excluding hydrogens is 412 g/mol. The van der Waals surface area contributed by atoms with E-state index in [0.29, 0.717) is 16.3 Å². The highest BCUT2D eigenvalue weighted by molar-refractivity contribution is 8.00. The lowest BCUT2D eigenvalue weighted by atomic mass is 10.1. The Bertz CT molecular complexity index is 1250. The molecule has 0 atom stereocenters. The van der Waals surface area contributed by atoms with Crippen molar-refractivity contribution in [2.45, 2.75) is 11.9 Å². The van der Waals surface area contributed by atoms with Crippen molar-refractivity contribution in [3.8, 4) is 17.0 Å². The fraction of sp³-hybridized carbons (Fsp3) is 0.130. The number of nitrogens with zero attached hydrogens (tertiary/aromatic N) is 3. The van der Waals surface area contributed by atoms with Crippen LogP contribution in [0, 0.1) is 0 Å². The van der Waals surface area contributed by atoms with Crippen molar-refractivity contribution in [3.05, 3.63) is 72.6 Å². The normalized spacial score (nSPS) is 10.8. The van der Waals surface area contributed by atoms with E-state index >= 15 is 0 Å². The number of hydrogen-bond donors (Lipinski definition) is 1. The van der Waals surface area contributed by atoms with Crippen molar-refractivity contribution in [2.24, 2.45) is 0 Å². The number of para-hydroxylation sites is 1. The number of carbonyl (C=O) groups excluding carboxylic acids is 2. The van der Waals surface area contributed by atoms with Crippen molar-refractivity contribution in [1.29, 1.82) is 0 Å². The van der Waals surface area contributed by atoms with Gasteiger partial charge in [-0.15, -0.1) is 0 Å². The van der Waals surface area contributed by atoms with E-state index < -0.39 is 0 Å². The Morgan fingerprint density at radius 2 is 1.90 bits per heavy atom. The number of aromatic nitrogens is 3. The molecule has 0 aliphatic carbocycles. The number of rotatable bonds is 7. The summed E-state index contributed by atoms with van der Waals surface area (Å²) in [7, 11) is 1.63. The maximum absolute atomic E-state index is 12.4. The van der Waals surface area contributed by atoms with Crippen molar-refractivity contribution < 1.29 is 14.3 Å². The van der Waals surface area contributed by atoms with Gasteiger partial charge in [0.25, 0.3) is 0 Å². The largest absolute Gasteiger partial charge is 0.496 e. The summed E-state index contributed by atoms with van der Waals surface area (Å²) in [4.78, 5) is 28.2. The van der Waals surface area contributed by atoms with Crippen LogP contribution in [0.2, 0.25) is 0 Å². The number of thioether (sulfide) groups is 1. The molecule has 0 bridgehead atoms. The zero-order valence-electron chi connectivity index (χ0n) is 17.0. The molecule has 1 amide bonds. The standard InChI is InChI=1S/C23H20N4O3S/c1-15(28)16-7-9-17(10-8-16)25-22(29)14-31-23-20-13-19(26-27(20)12-11-24-23)18-5-3-4-6-21(18)30-2/h3-13H,14H2,1-2H3,(H,25,29). The first-order valence-electron chi connectivity index (χ1n) is 9.56. The number of carbonyl (C=O) groups is 2. The molecule has 0 fully saturated rings. The molecule has 4 rings (SSSR count). The van der Waals surface area contributed by atoms with Gasteiger partial charge in [-0.3, -0.25) is 9.59 Å². The van der Waals surface area contributed by atoms with Gasteiger partial charge in [-0.25, -0.2) is 9.50 Å². The molecule has 2 aromatic heterocycles. The summed E-state index contributed by atoms with van der Waals surface area (Å²) in [6.07, 6.45) is 3.43. The number of fused-ring (bicyclic) bond motifs is 1. The lowest BCUT2D eigenvalue weighted by Gasteiger charge is -2.06. The van der Waals surface area contributed by atoms with Gasteiger partial charge in [0.05, 0.1) is 24.1 Å². The van der Waals surface area contributed by atoms with E-state index in [2.05, 4.69) is 15.4 Å². The van der Waals surface area contributed by atoms with Gasteiger partial charge in [-0.1, -0.05) is 23.9 Å². The molecule has 2 heterocycles. The van der Waals surface area contributed by atoms with E-state index in [1.807, 2.05) is 30.3 Å². The Morgan fingerprint density at radius 3 is 2.65 bits per heavy atom. The van der Waals surface area contributed by atoms with Crippen molar-refractivity contribution >= 4 is 34.7 Å². The molecule has 0 aliphatic rings. The number of benzene rings is 2. The van der Waals surface area contributed by atoms with E-state index in [4.69, 9.17) is 4.74 Å². The molecule has 4 aromatic rings. The Kier molecular flexibility index (Phi) is 5.99. The number of methoxy groups -OCH3 is 1. The Morgan fingerprint density at radius 1 is 1.13 bits per heavy atom. The van der Waals surface area contributed by atoms with Crippen LogP contribution in [0.25, 0.3) is 16.8 Å². The van der Waals surface area contributed by atoms with Crippen LogP contribution < -0.4 is 10.1 Å². The molecule has 0 unspecified atom stereocenters. The smallest absolute Gasteiger partial charge is 0.234 e. The summed E-state index contributed by atoms with van der Waals surface area (Å²) in [5, 5.41) is 8.17. The maximum Gasteiger partial charge on any atom is 0.234 e. The third-order valence-corrected chi connectivity index (χ3v) is 5.65. The molecule has 0 spiro atoms. The quantitative estimate of drug-likeness (QED) is 0.345. The maximum atomic E-state index is 12.4. The molecule has 7 nitrogen and oxygen atoms in total. The Hall–Kier alpha value is -3.65. The summed E-state index contributed by atoms with van der Waals surface area (Å²) < 4.78 is 7.19. The first-order valence-corrected chi connectivity index (χ1v) is 10.5. The van der Waals surface area contributed by atoms with Gasteiger partial charge < -0.3 is 10.1 Å². The van der Waals surface area contributed by atoms with Crippen LogP contribution in [0.3, 0.4) is 0 Å². The van der Waals surface area contributed by atoms with Crippen LogP contribution >= 0.6 is 11.8 Å². The fourth-order valence-electron chi connectivity index (χ4n) is 3.12. The summed E-state index contributed by atoms with van der Waals surface area (Å²) in [6, 6.07) is 16.4. The van der Waals surface area contributed by atoms with Gasteiger partial charge in [0.1, 0.15) is 10.8 Å². The summed E-state index contributed by atoms with van der Waals surface area (Å²) in [5.41, 5.74) is 3.71. The Labute approximate surface area is 183 Å². The lowest BCUT2D eigenvalue weighted by molar-refractivity contribution is -0.113. The van der Waals surface area contributed by atoms with Gasteiger partial charge in [-0.2, -0.15) is 5.10 Å². The monoisotopic (exact) mass is 432 g/mol. The van der Waals surface area contributed by atoms with Crippen molar-refractivity contribution in [1.82, 2.24) is 14.6 Å². The first-order chi connectivity index (χ1) is 15.0. The van der Waals surface area contributed by atoms with Crippen LogP contribution in [0.5, 0.6) is 5.75 Å². The highest BCUT2D eigenvalue weighted by Gasteiger charge is 2.14. The second-order valence-electron chi connectivity index (χ2n) is 6.76. The molecule has 0 saturated carbocycles. The van der Waals surface area contributed by atoms with Gasteiger partial charge >= 0.3 is 0 Å². The van der Waals surface area contributed by atoms with Crippen LogP contribution in [0.15, 0.2) is 72.0 Å². The molecule has 31 heavy (non-hydrogen) atoms. The molecule has 0 radical (unpaired) electrons. The predicted octanol–water partition coefficient (Wildman–Crippen LogP) is 4.34. The topological polar surface area (TPSA) is 85.6 Å². The Balaban J connectivity index is 1.49. The molecule has 156 valence electrons. The van der Waals surface area contributed by atoms with Crippen LogP contribution in [-0.4, -0.2) is 39.2 Å². The number of hydrogen-bond acceptors (Lipinski definition) is 6. The molecule has 2 aromatic carbocycles. The van der Waals surface area contributed by atoms with Gasteiger partial charge in [0.15, 0.2) is 5.78 Å². The molecule has 0 saturated heterocycles. The molecule has 1 N–H and O–H groups in total. The second-order valence-corrected chi connectivity index (χ2v) is 7.73. The predicted molar refractivity (Wildman–Crippen MR) is 121 cm³/mol. The van der Waals surface area contributed by atoms with E-state index in [1.54, 1.807) is 48.3 Å². The first kappa shape index (κ1) is 20.6. The van der Waals surface area contributed by atoms with Gasteiger partial charge in [-0.05, 0) is 49.4 Å². The van der Waals surface area contributed by atoms with Crippen molar-refractivity contribution in [3.63, 3.8) is 0 Å². The van der Waals surface area contributed by atoms with E-state index in [0.717, 1.165) is 22.5 Å². The fourth-order valence-corrected chi connectivity index (χ4v) is 3.89. The number of ketones is 1. The molecule has 0 aliphatic heterocycles. The highest BCUT2D eigenvalue weighted by atomic mass is 32.2. The highest BCUT2D eigenvalue weighted by Crippen LogP contribution is 2.31. The zero-order valence-corrected chi connectivity index (χ0v) is 17.8. The van der Waals surface area contributed by atoms with Crippen LogP contribution in [-0.2, 0) is 4.79 Å². The SMILES string of the molecule is COc1ccccc1-c1cc2c(SCC(=O)Nc3ccc(C(C)=O)cc3)nccn2n1. The number of Topliss-reactive ketones (excluding diaryl/α,β-unsaturated/α-hetero) is 1. The van der Waals surface area contributed by atoms with Gasteiger partial charge in [0.2, 0.25) is 5.91 Å². The van der Waals surface area contributed by atoms with E-state index in [1.165, 1.54) is 18.7 Å². The van der Waals surface area contributed by atoms with Crippen LogP contribution in [0.4, 0.5) is 5.69 Å². The average Bonchev–Trinajstić information content (AvgIpc) is 3.23. The van der Waals surface area contributed by atoms with E-state index in [9.17, 15) is 9.59 Å². The third kappa shape index (κ3) is 4.59. The minimum absolute atomic E-state index is 0.0131. The van der Waals surface area contributed by atoms with Crippen molar-refractivity contribution in [2.75, 3.05) is 18.2 Å². The summed E-state index contributed by atoms with van der Waals surface area (Å²) >= 11 is 1.33. The average molecular weight is 433 g/mol. The zero-order chi connectivity index (χ0) is 21.8. The number of ether oxygens (including phenoxy) is 1. The second kappa shape index (κ2) is 9.01. The van der Waals surface area contributed by atoms with Crippen LogP contribution in [0.1, 0.15) is 17.3 Å².